The fourth-order valence-electron chi connectivity index (χ4n) is 2.65. The number of hydrogen-bond donors (Lipinski definition) is 2. The van der Waals surface area contributed by atoms with Crippen LogP contribution in [0, 0.1) is 0 Å². The van der Waals surface area contributed by atoms with Crippen LogP contribution in [-0.2, 0) is 14.3 Å². The summed E-state index contributed by atoms with van der Waals surface area (Å²) in [5, 5.41) is 6.26. The monoisotopic (exact) mass is 256 g/mol. The molecule has 2 fully saturated rings. The Bertz CT molecular complexity index is 267. The number of methoxy groups -OCH3 is 1. The third-order valence-electron chi connectivity index (χ3n) is 3.78. The third-order valence-corrected chi connectivity index (χ3v) is 3.78. The zero-order chi connectivity index (χ0) is 12.8. The Balaban J connectivity index is 1.65. The Morgan fingerprint density at radius 1 is 1.44 bits per heavy atom. The lowest BCUT2D eigenvalue weighted by Gasteiger charge is -2.23. The van der Waals surface area contributed by atoms with Crippen LogP contribution in [0.2, 0.25) is 0 Å². The lowest BCUT2D eigenvalue weighted by atomic mass is 10.0. The molecule has 18 heavy (non-hydrogen) atoms. The summed E-state index contributed by atoms with van der Waals surface area (Å²) in [4.78, 5) is 11.9. The molecule has 0 bridgehead atoms. The quantitative estimate of drug-likeness (QED) is 0.749. The van der Waals surface area contributed by atoms with Gasteiger partial charge in [0.1, 0.15) is 0 Å². The average Bonchev–Trinajstić information content (AvgIpc) is 2.85. The van der Waals surface area contributed by atoms with Gasteiger partial charge in [0.2, 0.25) is 5.91 Å². The predicted octanol–water partition coefficient (Wildman–Crippen LogP) is 0.439. The highest BCUT2D eigenvalue weighted by atomic mass is 16.5. The van der Waals surface area contributed by atoms with Gasteiger partial charge in [0.25, 0.3) is 0 Å². The van der Waals surface area contributed by atoms with Gasteiger partial charge in [0.05, 0.1) is 18.2 Å². The number of carbonyl (C=O) groups is 1. The molecule has 1 amide bonds. The van der Waals surface area contributed by atoms with Crippen molar-refractivity contribution in [1.29, 1.82) is 0 Å². The first-order chi connectivity index (χ1) is 8.79. The van der Waals surface area contributed by atoms with E-state index in [1.54, 1.807) is 7.11 Å². The molecule has 3 atom stereocenters. The lowest BCUT2D eigenvalue weighted by molar-refractivity contribution is -0.123. The van der Waals surface area contributed by atoms with E-state index in [9.17, 15) is 4.79 Å². The van der Waals surface area contributed by atoms with Crippen molar-refractivity contribution in [1.82, 2.24) is 10.6 Å². The maximum Gasteiger partial charge on any atom is 0.220 e. The zero-order valence-electron chi connectivity index (χ0n) is 11.1. The van der Waals surface area contributed by atoms with Gasteiger partial charge in [-0.25, -0.2) is 0 Å². The van der Waals surface area contributed by atoms with Crippen molar-refractivity contribution >= 4 is 5.91 Å². The molecule has 2 aliphatic heterocycles. The highest BCUT2D eigenvalue weighted by molar-refractivity contribution is 5.76. The SMILES string of the molecule is CO[C@H]1CNCC1NC(=O)CCC1CCCCO1. The Morgan fingerprint density at radius 2 is 2.33 bits per heavy atom. The second-order valence-corrected chi connectivity index (χ2v) is 5.13. The summed E-state index contributed by atoms with van der Waals surface area (Å²) in [6.45, 7) is 2.46. The molecular weight excluding hydrogens is 232 g/mol. The first-order valence-electron chi connectivity index (χ1n) is 6.94. The molecule has 5 nitrogen and oxygen atoms in total. The molecule has 5 heteroatoms. The smallest absolute Gasteiger partial charge is 0.220 e. The second kappa shape index (κ2) is 7.07. The Labute approximate surface area is 109 Å². The summed E-state index contributed by atoms with van der Waals surface area (Å²) in [5.74, 6) is 0.111. The highest BCUT2D eigenvalue weighted by Gasteiger charge is 2.28. The van der Waals surface area contributed by atoms with Crippen LogP contribution in [0.3, 0.4) is 0 Å². The Hall–Kier alpha value is -0.650. The summed E-state index contributed by atoms with van der Waals surface area (Å²) < 4.78 is 10.9. The first kappa shape index (κ1) is 13.8. The van der Waals surface area contributed by atoms with Crippen LogP contribution in [0.4, 0.5) is 0 Å². The number of carbonyl (C=O) groups excluding carboxylic acids is 1. The molecule has 2 aliphatic rings. The van der Waals surface area contributed by atoms with E-state index in [1.807, 2.05) is 0 Å². The minimum absolute atomic E-state index is 0.0971. The number of rotatable bonds is 5. The van der Waals surface area contributed by atoms with Crippen molar-refractivity contribution in [3.8, 4) is 0 Å². The number of hydrogen-bond acceptors (Lipinski definition) is 4. The topological polar surface area (TPSA) is 59.6 Å². The average molecular weight is 256 g/mol. The molecule has 2 unspecified atom stereocenters. The van der Waals surface area contributed by atoms with Gasteiger partial charge in [0.15, 0.2) is 0 Å². The minimum Gasteiger partial charge on any atom is -0.378 e. The van der Waals surface area contributed by atoms with Crippen LogP contribution in [0.1, 0.15) is 32.1 Å². The first-order valence-corrected chi connectivity index (χ1v) is 6.94. The number of amides is 1. The van der Waals surface area contributed by atoms with Crippen molar-refractivity contribution in [2.45, 2.75) is 50.4 Å². The van der Waals surface area contributed by atoms with Crippen molar-refractivity contribution in [3.63, 3.8) is 0 Å². The molecule has 2 N–H and O–H groups in total. The Kier molecular flexibility index (Phi) is 5.41. The second-order valence-electron chi connectivity index (χ2n) is 5.13. The molecule has 0 spiro atoms. The van der Waals surface area contributed by atoms with E-state index in [0.717, 1.165) is 39.0 Å². The zero-order valence-corrected chi connectivity index (χ0v) is 11.1. The fraction of sp³-hybridized carbons (Fsp3) is 0.923. The van der Waals surface area contributed by atoms with Gasteiger partial charge in [-0.15, -0.1) is 0 Å². The van der Waals surface area contributed by atoms with E-state index in [4.69, 9.17) is 9.47 Å². The summed E-state index contributed by atoms with van der Waals surface area (Å²) in [6.07, 6.45) is 5.25. The molecule has 0 aromatic carbocycles. The normalized spacial score (nSPS) is 32.4. The summed E-state index contributed by atoms with van der Waals surface area (Å²) in [6, 6.07) is 0.106. The summed E-state index contributed by atoms with van der Waals surface area (Å²) in [5.41, 5.74) is 0. The molecular formula is C13H24N2O3. The van der Waals surface area contributed by atoms with Gasteiger partial charge in [-0.3, -0.25) is 4.79 Å². The molecule has 0 radical (unpaired) electrons. The highest BCUT2D eigenvalue weighted by Crippen LogP contribution is 2.17. The molecule has 2 heterocycles. The number of nitrogens with one attached hydrogen (secondary N) is 2. The molecule has 0 saturated carbocycles. The van der Waals surface area contributed by atoms with E-state index >= 15 is 0 Å². The van der Waals surface area contributed by atoms with Crippen molar-refractivity contribution in [2.75, 3.05) is 26.8 Å². The van der Waals surface area contributed by atoms with Crippen molar-refractivity contribution in [3.05, 3.63) is 0 Å². The standard InChI is InChI=1S/C13H24N2O3/c1-17-12-9-14-8-11(12)15-13(16)6-5-10-4-2-3-7-18-10/h10-12,14H,2-9H2,1H3,(H,15,16)/t10?,11?,12-/m0/s1. The van der Waals surface area contributed by atoms with Crippen LogP contribution in [0.25, 0.3) is 0 Å². The van der Waals surface area contributed by atoms with Gasteiger partial charge in [-0.1, -0.05) is 0 Å². The number of ether oxygens (including phenoxy) is 2. The third kappa shape index (κ3) is 3.93. The largest absolute Gasteiger partial charge is 0.378 e. The Morgan fingerprint density at radius 3 is 3.06 bits per heavy atom. The van der Waals surface area contributed by atoms with Crippen molar-refractivity contribution < 1.29 is 14.3 Å². The van der Waals surface area contributed by atoms with Crippen molar-refractivity contribution in [2.24, 2.45) is 0 Å². The summed E-state index contributed by atoms with van der Waals surface area (Å²) >= 11 is 0. The van der Waals surface area contributed by atoms with Crippen LogP contribution < -0.4 is 10.6 Å². The fourth-order valence-corrected chi connectivity index (χ4v) is 2.65. The molecule has 2 saturated heterocycles. The van der Waals surface area contributed by atoms with E-state index < -0.39 is 0 Å². The molecule has 0 aromatic heterocycles. The van der Waals surface area contributed by atoms with Crippen LogP contribution in [0.15, 0.2) is 0 Å². The predicted molar refractivity (Wildman–Crippen MR) is 68.4 cm³/mol. The maximum atomic E-state index is 11.9. The van der Waals surface area contributed by atoms with Gasteiger partial charge in [-0.05, 0) is 25.7 Å². The van der Waals surface area contributed by atoms with Gasteiger partial charge in [0, 0.05) is 33.2 Å². The van der Waals surface area contributed by atoms with Crippen LogP contribution in [0.5, 0.6) is 0 Å². The van der Waals surface area contributed by atoms with Gasteiger partial charge >= 0.3 is 0 Å². The molecule has 0 aromatic rings. The maximum absolute atomic E-state index is 11.9. The van der Waals surface area contributed by atoms with Crippen LogP contribution >= 0.6 is 0 Å². The summed E-state index contributed by atoms with van der Waals surface area (Å²) in [7, 11) is 1.69. The lowest BCUT2D eigenvalue weighted by Crippen LogP contribution is -2.43. The van der Waals surface area contributed by atoms with E-state index in [1.165, 1.54) is 6.42 Å². The van der Waals surface area contributed by atoms with Gasteiger partial charge in [-0.2, -0.15) is 0 Å². The molecule has 0 aliphatic carbocycles. The minimum atomic E-state index is 0.0971. The van der Waals surface area contributed by atoms with Crippen LogP contribution in [-0.4, -0.2) is 51.0 Å². The van der Waals surface area contributed by atoms with E-state index in [-0.39, 0.29) is 24.2 Å². The molecule has 2 rings (SSSR count). The molecule has 104 valence electrons. The van der Waals surface area contributed by atoms with E-state index in [2.05, 4.69) is 10.6 Å². The van der Waals surface area contributed by atoms with E-state index in [0.29, 0.717) is 6.42 Å². The van der Waals surface area contributed by atoms with Gasteiger partial charge < -0.3 is 20.1 Å².